The summed E-state index contributed by atoms with van der Waals surface area (Å²) in [6.45, 7) is 4.30. The average molecular weight is 529 g/mol. The van der Waals surface area contributed by atoms with Gasteiger partial charge in [0.2, 0.25) is 0 Å². The maximum absolute atomic E-state index is 5.93. The number of rotatable bonds is 2. The molecule has 0 bridgehead atoms. The van der Waals surface area contributed by atoms with Crippen molar-refractivity contribution in [2.24, 2.45) is 0 Å². The summed E-state index contributed by atoms with van der Waals surface area (Å²) in [6.07, 6.45) is 1.10. The van der Waals surface area contributed by atoms with Gasteiger partial charge in [0.15, 0.2) is 0 Å². The van der Waals surface area contributed by atoms with Crippen LogP contribution in [-0.4, -0.2) is 4.57 Å². The van der Waals surface area contributed by atoms with E-state index in [-0.39, 0.29) is 0 Å². The molecular weight excluding hydrogens is 496 g/mol. The van der Waals surface area contributed by atoms with Crippen molar-refractivity contribution in [1.29, 1.82) is 0 Å². The van der Waals surface area contributed by atoms with Crippen LogP contribution in [0.1, 0.15) is 22.3 Å². The molecule has 198 valence electrons. The molecular formula is C39H32N2. The Hall–Kier alpha value is -5.08. The molecule has 1 aliphatic carbocycles. The first-order chi connectivity index (χ1) is 20.1. The summed E-state index contributed by atoms with van der Waals surface area (Å²) in [5, 5.41) is 2.57. The van der Waals surface area contributed by atoms with Gasteiger partial charge in [-0.15, -0.1) is 0 Å². The third-order valence-electron chi connectivity index (χ3n) is 8.29. The van der Waals surface area contributed by atoms with Crippen molar-refractivity contribution in [3.63, 3.8) is 0 Å². The number of aryl methyl sites for hydroxylation is 2. The molecule has 0 atom stereocenters. The minimum absolute atomic E-state index is 0.806. The van der Waals surface area contributed by atoms with Crippen molar-refractivity contribution in [2.45, 2.75) is 20.3 Å². The Bertz CT molecular complexity index is 1960. The topological polar surface area (TPSA) is 30.9 Å². The lowest BCUT2D eigenvalue weighted by Gasteiger charge is -2.14. The van der Waals surface area contributed by atoms with E-state index in [1.165, 1.54) is 72.0 Å². The lowest BCUT2D eigenvalue weighted by Crippen LogP contribution is -1.96. The van der Waals surface area contributed by atoms with Crippen molar-refractivity contribution in [1.82, 2.24) is 4.57 Å². The quantitative estimate of drug-likeness (QED) is 0.222. The van der Waals surface area contributed by atoms with Gasteiger partial charge in [-0.3, -0.25) is 0 Å². The van der Waals surface area contributed by atoms with Gasteiger partial charge < -0.3 is 10.3 Å². The van der Waals surface area contributed by atoms with E-state index in [1.54, 1.807) is 0 Å². The molecule has 41 heavy (non-hydrogen) atoms. The van der Waals surface area contributed by atoms with Gasteiger partial charge in [0.1, 0.15) is 0 Å². The second-order valence-electron chi connectivity index (χ2n) is 10.9. The number of fused-ring (bicyclic) bond motifs is 6. The first kappa shape index (κ1) is 24.9. The fourth-order valence-electron chi connectivity index (χ4n) is 6.36. The molecule has 1 aromatic heterocycles. The molecule has 1 aliphatic rings. The molecule has 0 amide bonds. The molecule has 7 aromatic rings. The Morgan fingerprint density at radius 3 is 1.54 bits per heavy atom. The normalized spacial score (nSPS) is 11.7. The molecule has 2 N–H and O–H groups in total. The van der Waals surface area contributed by atoms with Crippen LogP contribution in [0, 0.1) is 13.8 Å². The number of aromatic nitrogens is 1. The first-order valence-electron chi connectivity index (χ1n) is 14.2. The van der Waals surface area contributed by atoms with Crippen LogP contribution < -0.4 is 5.73 Å². The van der Waals surface area contributed by atoms with E-state index >= 15 is 0 Å². The van der Waals surface area contributed by atoms with E-state index in [9.17, 15) is 0 Å². The summed E-state index contributed by atoms with van der Waals surface area (Å²) in [4.78, 5) is 0. The number of nitrogens with two attached hydrogens (primary N) is 1. The summed E-state index contributed by atoms with van der Waals surface area (Å²) < 4.78 is 2.36. The summed E-state index contributed by atoms with van der Waals surface area (Å²) in [6, 6.07) is 47.4. The largest absolute Gasteiger partial charge is 0.399 e. The SMILES string of the molecule is Cc1cc(N)ccc1-c1ccc(-n2c3ccccc3c3ccccc32)cc1C.c1ccc2c(c1)Cc1ccccc1-2. The molecule has 0 aliphatic heterocycles. The zero-order valence-electron chi connectivity index (χ0n) is 23.4. The molecule has 6 aromatic carbocycles. The fourth-order valence-corrected chi connectivity index (χ4v) is 6.36. The van der Waals surface area contributed by atoms with Crippen molar-refractivity contribution in [3.05, 3.63) is 156 Å². The second-order valence-corrected chi connectivity index (χ2v) is 10.9. The van der Waals surface area contributed by atoms with E-state index in [0.717, 1.165) is 12.1 Å². The van der Waals surface area contributed by atoms with E-state index in [0.29, 0.717) is 0 Å². The van der Waals surface area contributed by atoms with Gasteiger partial charge in [0, 0.05) is 22.1 Å². The minimum atomic E-state index is 0.806. The average Bonchev–Trinajstić information content (AvgIpc) is 3.54. The molecule has 0 saturated carbocycles. The van der Waals surface area contributed by atoms with Crippen LogP contribution in [0.3, 0.4) is 0 Å². The maximum atomic E-state index is 5.93. The van der Waals surface area contributed by atoms with Gasteiger partial charge in [0.25, 0.3) is 0 Å². The van der Waals surface area contributed by atoms with Gasteiger partial charge in [-0.1, -0.05) is 97.1 Å². The molecule has 0 saturated heterocycles. The highest BCUT2D eigenvalue weighted by Gasteiger charge is 2.16. The number of hydrogen-bond acceptors (Lipinski definition) is 1. The summed E-state index contributed by atoms with van der Waals surface area (Å²) in [5.41, 5.74) is 21.1. The van der Waals surface area contributed by atoms with Gasteiger partial charge >= 0.3 is 0 Å². The Kier molecular flexibility index (Phi) is 6.17. The zero-order chi connectivity index (χ0) is 27.9. The molecule has 0 spiro atoms. The summed E-state index contributed by atoms with van der Waals surface area (Å²) in [5.74, 6) is 0. The third-order valence-corrected chi connectivity index (χ3v) is 8.29. The van der Waals surface area contributed by atoms with Crippen LogP contribution in [-0.2, 0) is 6.42 Å². The second kappa shape index (κ2) is 10.1. The highest BCUT2D eigenvalue weighted by molar-refractivity contribution is 6.09. The van der Waals surface area contributed by atoms with Gasteiger partial charge in [-0.25, -0.2) is 0 Å². The predicted molar refractivity (Wildman–Crippen MR) is 175 cm³/mol. The van der Waals surface area contributed by atoms with E-state index < -0.39 is 0 Å². The van der Waals surface area contributed by atoms with Crippen LogP contribution in [0.2, 0.25) is 0 Å². The summed E-state index contributed by atoms with van der Waals surface area (Å²) >= 11 is 0. The molecule has 2 nitrogen and oxygen atoms in total. The van der Waals surface area contributed by atoms with Crippen LogP contribution in [0.15, 0.2) is 133 Å². The molecule has 0 radical (unpaired) electrons. The summed E-state index contributed by atoms with van der Waals surface area (Å²) in [7, 11) is 0. The first-order valence-corrected chi connectivity index (χ1v) is 14.2. The van der Waals surface area contributed by atoms with Crippen LogP contribution in [0.5, 0.6) is 0 Å². The predicted octanol–water partition coefficient (Wildman–Crippen LogP) is 9.91. The Labute approximate surface area is 241 Å². The highest BCUT2D eigenvalue weighted by atomic mass is 15.0. The standard InChI is InChI=1S/C26H22N2.C13H10/c1-17-15-19(27)11-13-21(17)22-14-12-20(16-18(22)2)28-25-9-5-3-7-23(25)24-8-4-6-10-26(24)28;1-3-7-12-10(5-1)9-11-6-2-4-8-13(11)12/h3-16H,27H2,1-2H3;1-8H,9H2. The Morgan fingerprint density at radius 2 is 0.976 bits per heavy atom. The van der Waals surface area contributed by atoms with E-state index in [1.807, 2.05) is 12.1 Å². The monoisotopic (exact) mass is 528 g/mol. The molecule has 1 heterocycles. The minimum Gasteiger partial charge on any atom is -0.399 e. The maximum Gasteiger partial charge on any atom is 0.0541 e. The van der Waals surface area contributed by atoms with Gasteiger partial charge in [-0.05, 0) is 101 Å². The Morgan fingerprint density at radius 1 is 0.488 bits per heavy atom. The zero-order valence-corrected chi connectivity index (χ0v) is 23.4. The van der Waals surface area contributed by atoms with E-state index in [2.05, 4.69) is 140 Å². The van der Waals surface area contributed by atoms with Crippen molar-refractivity contribution in [3.8, 4) is 27.9 Å². The number of para-hydroxylation sites is 2. The Balaban J connectivity index is 0.000000176. The molecule has 0 fully saturated rings. The van der Waals surface area contributed by atoms with Gasteiger partial charge in [-0.2, -0.15) is 0 Å². The smallest absolute Gasteiger partial charge is 0.0541 e. The van der Waals surface area contributed by atoms with Crippen LogP contribution in [0.4, 0.5) is 5.69 Å². The number of anilines is 1. The number of nitrogen functional groups attached to an aromatic ring is 1. The number of nitrogens with zero attached hydrogens (tertiary/aromatic N) is 1. The fraction of sp³-hybridized carbons (Fsp3) is 0.0769. The van der Waals surface area contributed by atoms with E-state index in [4.69, 9.17) is 5.73 Å². The lowest BCUT2D eigenvalue weighted by atomic mass is 9.96. The highest BCUT2D eigenvalue weighted by Crippen LogP contribution is 2.36. The van der Waals surface area contributed by atoms with Crippen molar-refractivity contribution in [2.75, 3.05) is 5.73 Å². The van der Waals surface area contributed by atoms with Crippen molar-refractivity contribution >= 4 is 27.5 Å². The molecule has 0 unspecified atom stereocenters. The third kappa shape index (κ3) is 4.38. The molecule has 2 heteroatoms. The molecule has 8 rings (SSSR count). The number of benzene rings is 6. The van der Waals surface area contributed by atoms with Gasteiger partial charge in [0.05, 0.1) is 11.0 Å². The van der Waals surface area contributed by atoms with Crippen molar-refractivity contribution < 1.29 is 0 Å². The van der Waals surface area contributed by atoms with Crippen LogP contribution in [0.25, 0.3) is 49.7 Å². The van der Waals surface area contributed by atoms with Crippen LogP contribution >= 0.6 is 0 Å². The number of hydrogen-bond donors (Lipinski definition) is 1. The lowest BCUT2D eigenvalue weighted by molar-refractivity contribution is 1.17.